The van der Waals surface area contributed by atoms with Gasteiger partial charge in [-0.05, 0) is 36.6 Å². The molecule has 0 aliphatic carbocycles. The molecule has 2 amide bonds. The predicted molar refractivity (Wildman–Crippen MR) is 111 cm³/mol. The van der Waals surface area contributed by atoms with Gasteiger partial charge in [0.15, 0.2) is 0 Å². The van der Waals surface area contributed by atoms with Gasteiger partial charge in [-0.25, -0.2) is 0 Å². The second kappa shape index (κ2) is 10.5. The van der Waals surface area contributed by atoms with Crippen LogP contribution in [0.3, 0.4) is 0 Å². The molecule has 1 N–H and O–H groups in total. The molecule has 0 spiro atoms. The molecule has 0 aliphatic rings. The van der Waals surface area contributed by atoms with E-state index >= 15 is 0 Å². The molecule has 1 atom stereocenters. The fourth-order valence-electron chi connectivity index (χ4n) is 2.93. The zero-order valence-corrected chi connectivity index (χ0v) is 17.1. The number of ether oxygens (including phenoxy) is 1. The van der Waals surface area contributed by atoms with Crippen LogP contribution < -0.4 is 10.1 Å². The molecule has 0 saturated carbocycles. The monoisotopic (exact) mass is 382 g/mol. The molecular weight excluding hydrogens is 352 g/mol. The number of amides is 2. The molecule has 2 rings (SSSR count). The summed E-state index contributed by atoms with van der Waals surface area (Å²) in [4.78, 5) is 27.0. The van der Waals surface area contributed by atoms with E-state index in [-0.39, 0.29) is 17.7 Å². The van der Waals surface area contributed by atoms with Gasteiger partial charge in [0.05, 0.1) is 7.11 Å². The number of hydrogen-bond donors (Lipinski definition) is 1. The summed E-state index contributed by atoms with van der Waals surface area (Å²) in [5, 5.41) is 2.96. The van der Waals surface area contributed by atoms with Crippen LogP contribution in [0.2, 0.25) is 0 Å². The van der Waals surface area contributed by atoms with E-state index < -0.39 is 6.04 Å². The van der Waals surface area contributed by atoms with E-state index in [0.717, 1.165) is 17.7 Å². The lowest BCUT2D eigenvalue weighted by atomic mass is 10.1. The van der Waals surface area contributed by atoms with Gasteiger partial charge in [0.25, 0.3) is 0 Å². The van der Waals surface area contributed by atoms with Crippen LogP contribution >= 0.6 is 0 Å². The zero-order chi connectivity index (χ0) is 20.5. The number of nitrogens with zero attached hydrogens (tertiary/aromatic N) is 1. The predicted octanol–water partition coefficient (Wildman–Crippen LogP) is 3.43. The van der Waals surface area contributed by atoms with E-state index in [4.69, 9.17) is 4.74 Å². The van der Waals surface area contributed by atoms with Crippen LogP contribution in [0.4, 0.5) is 0 Å². The van der Waals surface area contributed by atoms with Gasteiger partial charge in [-0.15, -0.1) is 0 Å². The normalized spacial score (nSPS) is 11.8. The van der Waals surface area contributed by atoms with E-state index in [0.29, 0.717) is 13.1 Å². The molecule has 5 nitrogen and oxygen atoms in total. The summed E-state index contributed by atoms with van der Waals surface area (Å²) in [6, 6.07) is 17.0. The maximum Gasteiger partial charge on any atom is 0.242 e. The molecule has 0 heterocycles. The van der Waals surface area contributed by atoms with Crippen molar-refractivity contribution in [2.45, 2.75) is 39.8 Å². The molecule has 1 unspecified atom stereocenters. The second-order valence-electron chi connectivity index (χ2n) is 7.17. The highest BCUT2D eigenvalue weighted by molar-refractivity contribution is 5.88. The van der Waals surface area contributed by atoms with Crippen molar-refractivity contribution < 1.29 is 14.3 Å². The first-order valence-corrected chi connectivity index (χ1v) is 9.67. The third kappa shape index (κ3) is 6.12. The Kier molecular flexibility index (Phi) is 8.05. The molecule has 150 valence electrons. The highest BCUT2D eigenvalue weighted by Crippen LogP contribution is 2.16. The van der Waals surface area contributed by atoms with Gasteiger partial charge < -0.3 is 15.0 Å². The summed E-state index contributed by atoms with van der Waals surface area (Å²) in [6.07, 6.45) is 0.760. The number of carbonyl (C=O) groups excluding carboxylic acids is 2. The Bertz CT molecular complexity index is 757. The van der Waals surface area contributed by atoms with E-state index in [1.807, 2.05) is 68.4 Å². The Labute approximate surface area is 167 Å². The molecule has 0 saturated heterocycles. The van der Waals surface area contributed by atoms with Crippen molar-refractivity contribution in [3.05, 3.63) is 65.7 Å². The average Bonchev–Trinajstić information content (AvgIpc) is 2.72. The molecule has 0 bridgehead atoms. The molecule has 2 aromatic carbocycles. The fraction of sp³-hybridized carbons (Fsp3) is 0.391. The first kappa shape index (κ1) is 21.5. The minimum atomic E-state index is -0.548. The van der Waals surface area contributed by atoms with Crippen molar-refractivity contribution in [1.29, 1.82) is 0 Å². The number of carbonyl (C=O) groups is 2. The van der Waals surface area contributed by atoms with Gasteiger partial charge in [0.1, 0.15) is 11.8 Å². The maximum atomic E-state index is 12.7. The Hall–Kier alpha value is -2.82. The molecule has 0 radical (unpaired) electrons. The van der Waals surface area contributed by atoms with Crippen LogP contribution in [-0.4, -0.2) is 36.4 Å². The first-order valence-electron chi connectivity index (χ1n) is 9.67. The number of rotatable bonds is 9. The van der Waals surface area contributed by atoms with E-state index in [2.05, 4.69) is 5.32 Å². The lowest BCUT2D eigenvalue weighted by Crippen LogP contribution is -2.49. The van der Waals surface area contributed by atoms with Crippen molar-refractivity contribution in [2.24, 2.45) is 5.92 Å². The van der Waals surface area contributed by atoms with Gasteiger partial charge in [-0.1, -0.05) is 56.3 Å². The lowest BCUT2D eigenvalue weighted by molar-refractivity contribution is -0.143. The van der Waals surface area contributed by atoms with Crippen LogP contribution in [0.1, 0.15) is 31.9 Å². The van der Waals surface area contributed by atoms with E-state index in [1.54, 1.807) is 18.9 Å². The van der Waals surface area contributed by atoms with Gasteiger partial charge in [-0.2, -0.15) is 0 Å². The van der Waals surface area contributed by atoms with Crippen LogP contribution in [-0.2, 0) is 22.6 Å². The SMILES string of the molecule is COc1ccc(CN(C(=O)C(C)C)C(C)C(=O)NCCc2ccccc2)cc1. The van der Waals surface area contributed by atoms with Crippen molar-refractivity contribution >= 4 is 11.8 Å². The number of hydrogen-bond acceptors (Lipinski definition) is 3. The Morgan fingerprint density at radius 3 is 2.18 bits per heavy atom. The molecule has 5 heteroatoms. The quantitative estimate of drug-likeness (QED) is 0.723. The van der Waals surface area contributed by atoms with Crippen LogP contribution in [0.25, 0.3) is 0 Å². The Morgan fingerprint density at radius 1 is 0.964 bits per heavy atom. The minimum Gasteiger partial charge on any atom is -0.497 e. The van der Waals surface area contributed by atoms with Gasteiger partial charge in [-0.3, -0.25) is 9.59 Å². The first-order chi connectivity index (χ1) is 13.4. The van der Waals surface area contributed by atoms with Gasteiger partial charge in [0.2, 0.25) is 11.8 Å². The van der Waals surface area contributed by atoms with Crippen molar-refractivity contribution in [3.8, 4) is 5.75 Å². The topological polar surface area (TPSA) is 58.6 Å². The summed E-state index contributed by atoms with van der Waals surface area (Å²) in [7, 11) is 1.62. The zero-order valence-electron chi connectivity index (χ0n) is 17.1. The Morgan fingerprint density at radius 2 is 1.61 bits per heavy atom. The highest BCUT2D eigenvalue weighted by Gasteiger charge is 2.27. The summed E-state index contributed by atoms with van der Waals surface area (Å²) >= 11 is 0. The third-order valence-electron chi connectivity index (χ3n) is 4.69. The van der Waals surface area contributed by atoms with Crippen molar-refractivity contribution in [1.82, 2.24) is 10.2 Å². The average molecular weight is 383 g/mol. The van der Waals surface area contributed by atoms with Crippen molar-refractivity contribution in [3.63, 3.8) is 0 Å². The van der Waals surface area contributed by atoms with Crippen LogP contribution in [0, 0.1) is 5.92 Å². The lowest BCUT2D eigenvalue weighted by Gasteiger charge is -2.30. The van der Waals surface area contributed by atoms with Crippen LogP contribution in [0.5, 0.6) is 5.75 Å². The van der Waals surface area contributed by atoms with E-state index in [9.17, 15) is 9.59 Å². The molecule has 0 fully saturated rings. The molecule has 0 aromatic heterocycles. The number of nitrogens with one attached hydrogen (secondary N) is 1. The number of benzene rings is 2. The highest BCUT2D eigenvalue weighted by atomic mass is 16.5. The third-order valence-corrected chi connectivity index (χ3v) is 4.69. The molecule has 28 heavy (non-hydrogen) atoms. The molecule has 0 aliphatic heterocycles. The van der Waals surface area contributed by atoms with Gasteiger partial charge >= 0.3 is 0 Å². The summed E-state index contributed by atoms with van der Waals surface area (Å²) < 4.78 is 5.18. The summed E-state index contributed by atoms with van der Waals surface area (Å²) in [5.41, 5.74) is 2.13. The summed E-state index contributed by atoms with van der Waals surface area (Å²) in [6.45, 7) is 6.40. The standard InChI is InChI=1S/C23H30N2O3/c1-17(2)23(27)25(16-20-10-12-21(28-4)13-11-20)18(3)22(26)24-15-14-19-8-6-5-7-9-19/h5-13,17-18H,14-16H2,1-4H3,(H,24,26). The van der Waals surface area contributed by atoms with Crippen LogP contribution in [0.15, 0.2) is 54.6 Å². The fourth-order valence-corrected chi connectivity index (χ4v) is 2.93. The Balaban J connectivity index is 2.01. The van der Waals surface area contributed by atoms with E-state index in [1.165, 1.54) is 5.56 Å². The maximum absolute atomic E-state index is 12.7. The smallest absolute Gasteiger partial charge is 0.242 e. The minimum absolute atomic E-state index is 0.0403. The largest absolute Gasteiger partial charge is 0.497 e. The second-order valence-corrected chi connectivity index (χ2v) is 7.17. The van der Waals surface area contributed by atoms with Crippen molar-refractivity contribution in [2.75, 3.05) is 13.7 Å². The van der Waals surface area contributed by atoms with Gasteiger partial charge in [0, 0.05) is 19.0 Å². The summed E-state index contributed by atoms with van der Waals surface area (Å²) in [5.74, 6) is 0.398. The number of methoxy groups -OCH3 is 1. The molecule has 2 aromatic rings. The molecular formula is C23H30N2O3.